The highest BCUT2D eigenvalue weighted by Gasteiger charge is 2.63. The summed E-state index contributed by atoms with van der Waals surface area (Å²) in [6.45, 7) is 6.36. The van der Waals surface area contributed by atoms with Crippen LogP contribution in [0.5, 0.6) is 0 Å². The molecule has 202 valence electrons. The van der Waals surface area contributed by atoms with Gasteiger partial charge in [-0.3, -0.25) is 9.27 Å². The third-order valence-corrected chi connectivity index (χ3v) is 9.79. The molecule has 3 aliphatic carbocycles. The summed E-state index contributed by atoms with van der Waals surface area (Å²) in [5.41, 5.74) is 1.73. The molecule has 4 rings (SSSR count). The predicted octanol–water partition coefficient (Wildman–Crippen LogP) is 5.38. The number of benzene rings is 1. The van der Waals surface area contributed by atoms with E-state index in [1.165, 1.54) is 0 Å². The van der Waals surface area contributed by atoms with Crippen molar-refractivity contribution in [2.75, 3.05) is 4.72 Å². The molecule has 0 bridgehead atoms. The van der Waals surface area contributed by atoms with Gasteiger partial charge in [-0.25, -0.2) is 0 Å². The Balaban J connectivity index is 1.66. The number of aryl methyl sites for hydroxylation is 1. The number of nitrogens with one attached hydrogen (secondary N) is 1. The number of hydrogen-bond donors (Lipinski definition) is 4. The number of alkyl halides is 3. The summed E-state index contributed by atoms with van der Waals surface area (Å²) in [6, 6.07) is 5.25. The van der Waals surface area contributed by atoms with Gasteiger partial charge in [0.15, 0.2) is 0 Å². The van der Waals surface area contributed by atoms with Crippen LogP contribution in [0.2, 0.25) is 0 Å². The number of aliphatic hydroxyl groups excluding tert-OH is 2. The molecule has 4 N–H and O–H groups in total. The topological polar surface area (TPSA) is 107 Å². The van der Waals surface area contributed by atoms with Crippen molar-refractivity contribution in [2.24, 2.45) is 22.7 Å². The van der Waals surface area contributed by atoms with Crippen LogP contribution < -0.4 is 4.72 Å². The van der Waals surface area contributed by atoms with Crippen LogP contribution in [-0.4, -0.2) is 41.6 Å². The molecule has 2 saturated carbocycles. The normalized spacial score (nSPS) is 34.9. The number of hydrogen-bond acceptors (Lipinski definition) is 4. The minimum absolute atomic E-state index is 0.0365. The lowest BCUT2D eigenvalue weighted by Crippen LogP contribution is -2.54. The van der Waals surface area contributed by atoms with Crippen LogP contribution in [0.25, 0.3) is 0 Å². The van der Waals surface area contributed by atoms with E-state index in [0.717, 1.165) is 30.4 Å². The molecule has 0 heterocycles. The van der Waals surface area contributed by atoms with Gasteiger partial charge in [0.05, 0.1) is 11.8 Å². The van der Waals surface area contributed by atoms with Crippen LogP contribution in [0.1, 0.15) is 75.3 Å². The molecule has 6 nitrogen and oxygen atoms in total. The highest BCUT2D eigenvalue weighted by Crippen LogP contribution is 2.69. The first-order valence-corrected chi connectivity index (χ1v) is 14.1. The average molecular weight is 532 g/mol. The summed E-state index contributed by atoms with van der Waals surface area (Å²) in [4.78, 5) is 0. The fraction of sp³-hybridized carbons (Fsp3) is 0.692. The van der Waals surface area contributed by atoms with Crippen molar-refractivity contribution in [3.8, 4) is 0 Å². The lowest BCUT2D eigenvalue weighted by molar-refractivity contribution is -0.205. The minimum Gasteiger partial charge on any atom is -0.393 e. The largest absolute Gasteiger partial charge is 0.414 e. The SMILES string of the molecule is C=CC12CCc3cc(NS(=O)(=O)O)ccc3C1[C@@H](CCCC[C@H](O)C(F)(F)F)C[C@@]1(C)C2CC[C@@H]1O. The van der Waals surface area contributed by atoms with Gasteiger partial charge >= 0.3 is 16.5 Å². The summed E-state index contributed by atoms with van der Waals surface area (Å²) in [5.74, 6) is 0.337. The van der Waals surface area contributed by atoms with E-state index in [1.54, 1.807) is 12.1 Å². The van der Waals surface area contributed by atoms with E-state index in [-0.39, 0.29) is 47.1 Å². The van der Waals surface area contributed by atoms with E-state index < -0.39 is 28.7 Å². The van der Waals surface area contributed by atoms with Crippen molar-refractivity contribution < 1.29 is 36.4 Å². The second kappa shape index (κ2) is 9.60. The van der Waals surface area contributed by atoms with Crippen LogP contribution in [0.3, 0.4) is 0 Å². The average Bonchev–Trinajstić information content (AvgIpc) is 3.08. The lowest BCUT2D eigenvalue weighted by Gasteiger charge is -2.60. The molecular formula is C26H36F3NO5S. The zero-order chi connectivity index (χ0) is 26.5. The molecule has 0 aliphatic heterocycles. The quantitative estimate of drug-likeness (QED) is 0.205. The molecule has 0 radical (unpaired) electrons. The number of anilines is 1. The Morgan fingerprint density at radius 3 is 2.64 bits per heavy atom. The number of halogens is 3. The Morgan fingerprint density at radius 1 is 1.28 bits per heavy atom. The standard InChI is InChI=1S/C26H36F3NO5S/c1-3-25-13-12-16-14-18(30-36(33,34)35)8-9-19(16)23(25)17(6-4-5-7-22(32)26(27,28)29)15-24(2)20(25)10-11-21(24)31/h3,8-9,14,17,20-23,30-32H,1,4-7,10-13,15H2,2H3,(H,33,34,35)/t17-,20?,21-,22-,23?,24-,25?/m0/s1. The first kappa shape index (κ1) is 27.4. The molecule has 3 unspecified atom stereocenters. The van der Waals surface area contributed by atoms with Crippen LogP contribution in [0.15, 0.2) is 30.9 Å². The monoisotopic (exact) mass is 531 g/mol. The van der Waals surface area contributed by atoms with Gasteiger partial charge < -0.3 is 10.2 Å². The van der Waals surface area contributed by atoms with Gasteiger partial charge in [0.25, 0.3) is 0 Å². The van der Waals surface area contributed by atoms with E-state index in [1.807, 2.05) is 12.1 Å². The molecule has 0 saturated heterocycles. The zero-order valence-electron chi connectivity index (χ0n) is 20.5. The van der Waals surface area contributed by atoms with Crippen molar-refractivity contribution in [2.45, 2.75) is 89.0 Å². The molecule has 2 fully saturated rings. The van der Waals surface area contributed by atoms with E-state index in [2.05, 4.69) is 18.2 Å². The van der Waals surface area contributed by atoms with Crippen molar-refractivity contribution in [3.63, 3.8) is 0 Å². The zero-order valence-corrected chi connectivity index (χ0v) is 21.3. The van der Waals surface area contributed by atoms with Crippen molar-refractivity contribution in [1.82, 2.24) is 0 Å². The third kappa shape index (κ3) is 4.93. The first-order chi connectivity index (χ1) is 16.7. The van der Waals surface area contributed by atoms with Crippen molar-refractivity contribution in [3.05, 3.63) is 42.0 Å². The maximum Gasteiger partial charge on any atom is 0.414 e. The maximum atomic E-state index is 12.7. The number of aliphatic hydroxyl groups is 2. The highest BCUT2D eigenvalue weighted by atomic mass is 32.2. The number of allylic oxidation sites excluding steroid dienone is 1. The van der Waals surface area contributed by atoms with Gasteiger partial charge in [0.2, 0.25) is 0 Å². The second-order valence-corrected chi connectivity index (χ2v) is 12.4. The Hall–Kier alpha value is -1.62. The van der Waals surface area contributed by atoms with Crippen molar-refractivity contribution in [1.29, 1.82) is 0 Å². The summed E-state index contributed by atoms with van der Waals surface area (Å²) in [7, 11) is -4.41. The first-order valence-electron chi connectivity index (χ1n) is 12.7. The molecule has 7 atom stereocenters. The summed E-state index contributed by atoms with van der Waals surface area (Å²) in [5, 5.41) is 20.4. The molecule has 36 heavy (non-hydrogen) atoms. The molecule has 0 aromatic heterocycles. The molecular weight excluding hydrogens is 495 g/mol. The molecule has 1 aromatic rings. The fourth-order valence-electron chi connectivity index (χ4n) is 7.83. The molecule has 0 amide bonds. The Labute approximate surface area is 210 Å². The van der Waals surface area contributed by atoms with E-state index in [0.29, 0.717) is 25.7 Å². The second-order valence-electron chi connectivity index (χ2n) is 11.2. The van der Waals surface area contributed by atoms with Crippen molar-refractivity contribution >= 4 is 16.0 Å². The fourth-order valence-corrected chi connectivity index (χ4v) is 8.25. The lowest BCUT2D eigenvalue weighted by atomic mass is 9.44. The Morgan fingerprint density at radius 2 is 2.00 bits per heavy atom. The van der Waals surface area contributed by atoms with E-state index >= 15 is 0 Å². The van der Waals surface area contributed by atoms with Crippen LogP contribution >= 0.6 is 0 Å². The van der Waals surface area contributed by atoms with Gasteiger partial charge in [-0.1, -0.05) is 31.9 Å². The van der Waals surface area contributed by atoms with Gasteiger partial charge in [0.1, 0.15) is 6.10 Å². The Kier molecular flexibility index (Phi) is 7.31. The van der Waals surface area contributed by atoms with Crippen LogP contribution in [0, 0.1) is 22.7 Å². The Bertz CT molecular complexity index is 1090. The molecule has 10 heteroatoms. The van der Waals surface area contributed by atoms with E-state index in [4.69, 9.17) is 0 Å². The molecule has 3 aliphatic rings. The number of unbranched alkanes of at least 4 members (excludes halogenated alkanes) is 1. The van der Waals surface area contributed by atoms with Crippen LogP contribution in [0.4, 0.5) is 18.9 Å². The van der Waals surface area contributed by atoms with Gasteiger partial charge in [-0.05, 0) is 96.8 Å². The third-order valence-electron chi connectivity index (χ3n) is 9.30. The minimum atomic E-state index is -4.62. The smallest absolute Gasteiger partial charge is 0.393 e. The molecule has 1 aromatic carbocycles. The maximum absolute atomic E-state index is 12.7. The summed E-state index contributed by atoms with van der Waals surface area (Å²) >= 11 is 0. The number of rotatable bonds is 8. The van der Waals surface area contributed by atoms with Crippen LogP contribution in [-0.2, 0) is 16.7 Å². The summed E-state index contributed by atoms with van der Waals surface area (Å²) < 4.78 is 72.2. The molecule has 0 spiro atoms. The predicted molar refractivity (Wildman–Crippen MR) is 131 cm³/mol. The summed E-state index contributed by atoms with van der Waals surface area (Å²) in [6.07, 6.45) is -0.470. The highest BCUT2D eigenvalue weighted by molar-refractivity contribution is 7.87. The van der Waals surface area contributed by atoms with Gasteiger partial charge in [0, 0.05) is 0 Å². The van der Waals surface area contributed by atoms with E-state index in [9.17, 15) is 36.4 Å². The van der Waals surface area contributed by atoms with Gasteiger partial charge in [-0.2, -0.15) is 21.6 Å². The number of fused-ring (bicyclic) bond motifs is 5. The van der Waals surface area contributed by atoms with Gasteiger partial charge in [-0.15, -0.1) is 6.58 Å².